The fourth-order valence-corrected chi connectivity index (χ4v) is 8.51. The number of hydrogen-bond acceptors (Lipinski definition) is 16. The van der Waals surface area contributed by atoms with Crippen LogP contribution in [-0.2, 0) is 45.0 Å². The van der Waals surface area contributed by atoms with Crippen molar-refractivity contribution in [2.75, 3.05) is 25.5 Å². The van der Waals surface area contributed by atoms with E-state index in [4.69, 9.17) is 16.2 Å². The number of aromatic nitrogens is 4. The van der Waals surface area contributed by atoms with E-state index < -0.39 is 56.3 Å². The molecule has 2 aromatic rings. The first kappa shape index (κ1) is 34.3. The van der Waals surface area contributed by atoms with Gasteiger partial charge in [0, 0.05) is 6.42 Å². The monoisotopic (exact) mass is 670 g/mol. The lowest BCUT2D eigenvalue weighted by Gasteiger charge is -2.21. The van der Waals surface area contributed by atoms with Gasteiger partial charge < -0.3 is 40.9 Å². The minimum absolute atomic E-state index is 0.0520. The number of phosphoric acid groups is 4. The van der Waals surface area contributed by atoms with Gasteiger partial charge in [-0.15, -0.1) is 0 Å². The number of rotatable bonds is 17. The Balaban J connectivity index is 1.51. The van der Waals surface area contributed by atoms with E-state index >= 15 is 0 Å². The van der Waals surface area contributed by atoms with Crippen LogP contribution in [0.4, 0.5) is 5.82 Å². The minimum Gasteiger partial charge on any atom is -0.390 e. The molecule has 0 spiro atoms. The topological polar surface area (TPSA) is 320 Å². The Morgan fingerprint density at radius 2 is 1.51 bits per heavy atom. The van der Waals surface area contributed by atoms with Gasteiger partial charge in [0.05, 0.1) is 25.6 Å². The Bertz CT molecular complexity index is 1380. The van der Waals surface area contributed by atoms with E-state index in [2.05, 4.69) is 36.9 Å². The van der Waals surface area contributed by atoms with Crippen molar-refractivity contribution in [2.24, 2.45) is 5.73 Å². The van der Waals surface area contributed by atoms with Crippen molar-refractivity contribution in [1.82, 2.24) is 19.5 Å². The quantitative estimate of drug-likeness (QED) is 0.0913. The molecule has 1 saturated heterocycles. The van der Waals surface area contributed by atoms with Crippen molar-refractivity contribution in [1.29, 1.82) is 0 Å². The van der Waals surface area contributed by atoms with Gasteiger partial charge in [0.1, 0.15) is 24.2 Å². The van der Waals surface area contributed by atoms with Crippen LogP contribution in [0.5, 0.6) is 0 Å². The third-order valence-corrected chi connectivity index (χ3v) is 11.2. The lowest BCUT2D eigenvalue weighted by Crippen LogP contribution is -2.26. The summed E-state index contributed by atoms with van der Waals surface area (Å²) in [6.07, 6.45) is 1.29. The molecule has 3 rings (SSSR count). The van der Waals surface area contributed by atoms with Gasteiger partial charge in [0.25, 0.3) is 0 Å². The summed E-state index contributed by atoms with van der Waals surface area (Å²) in [5.41, 5.74) is 11.6. The summed E-state index contributed by atoms with van der Waals surface area (Å²) in [6.45, 7) is -0.788. The first-order valence-corrected chi connectivity index (χ1v) is 17.7. The summed E-state index contributed by atoms with van der Waals surface area (Å²) >= 11 is 0. The smallest absolute Gasteiger partial charge is 0.390 e. The highest BCUT2D eigenvalue weighted by Gasteiger charge is 2.46. The minimum atomic E-state index is -5.94. The van der Waals surface area contributed by atoms with Crippen LogP contribution in [-0.4, -0.2) is 76.2 Å². The molecule has 7 atom stereocenters. The third kappa shape index (κ3) is 10.5. The van der Waals surface area contributed by atoms with E-state index in [1.54, 1.807) is 0 Å². The summed E-state index contributed by atoms with van der Waals surface area (Å²) in [7, 11) is -22.6. The molecule has 3 heterocycles. The number of nitrogen functional groups attached to an aromatic ring is 1. The Labute approximate surface area is 232 Å². The first-order chi connectivity index (χ1) is 19.0. The average Bonchev–Trinajstić information content (AvgIpc) is 3.41. The highest BCUT2D eigenvalue weighted by Crippen LogP contribution is 2.71. The number of hydrogen-bond donors (Lipinski definition) is 7. The molecule has 0 aromatic carbocycles. The maximum atomic E-state index is 12.2. The number of unbranched alkanes of at least 4 members (excludes halogenated alkanes) is 3. The molecule has 41 heavy (non-hydrogen) atoms. The van der Waals surface area contributed by atoms with Crippen LogP contribution in [0.3, 0.4) is 0 Å². The second-order valence-corrected chi connectivity index (χ2v) is 14.7. The van der Waals surface area contributed by atoms with Crippen molar-refractivity contribution in [3.8, 4) is 0 Å². The number of fused-ring (bicyclic) bond motifs is 1. The Hall–Kier alpha value is -1.21. The van der Waals surface area contributed by atoms with Crippen molar-refractivity contribution in [2.45, 2.75) is 50.5 Å². The van der Waals surface area contributed by atoms with Gasteiger partial charge in [-0.25, -0.2) is 33.2 Å². The van der Waals surface area contributed by atoms with Gasteiger partial charge in [-0.1, -0.05) is 12.8 Å². The number of anilines is 1. The summed E-state index contributed by atoms with van der Waals surface area (Å²) < 4.78 is 75.8. The largest absolute Gasteiger partial charge is 0.490 e. The fourth-order valence-electron chi connectivity index (χ4n) is 3.53. The summed E-state index contributed by atoms with van der Waals surface area (Å²) in [4.78, 5) is 50.5. The number of nitrogens with two attached hydrogens (primary N) is 2. The zero-order valence-electron chi connectivity index (χ0n) is 21.1. The predicted molar refractivity (Wildman–Crippen MR) is 136 cm³/mol. The van der Waals surface area contributed by atoms with Crippen LogP contribution in [0.25, 0.3) is 11.2 Å². The van der Waals surface area contributed by atoms with Crippen LogP contribution in [0, 0.1) is 0 Å². The van der Waals surface area contributed by atoms with Gasteiger partial charge in [-0.05, 0) is 19.4 Å². The molecule has 0 aliphatic carbocycles. The SMILES string of the molecule is NCCCCCCOP(=O)(O)OP(=O)(O)OP(=O)(O)OP(=O)(O)OC[C@H]1O[C@@H](n2cnc3c(N)ncnc32)C[C@H]1O. The number of imidazole rings is 1. The van der Waals surface area contributed by atoms with Crippen molar-refractivity contribution in [3.63, 3.8) is 0 Å². The summed E-state index contributed by atoms with van der Waals surface area (Å²) in [5.74, 6) is 0.0995. The van der Waals surface area contributed by atoms with Crippen LogP contribution in [0.1, 0.15) is 38.3 Å². The number of ether oxygens (including phenoxy) is 1. The maximum Gasteiger partial charge on any atom is 0.490 e. The zero-order chi connectivity index (χ0) is 30.5. The molecule has 21 nitrogen and oxygen atoms in total. The van der Waals surface area contributed by atoms with E-state index in [-0.39, 0.29) is 36.4 Å². The highest BCUT2D eigenvalue weighted by molar-refractivity contribution is 7.69. The molecule has 234 valence electrons. The molecule has 9 N–H and O–H groups in total. The molecule has 2 aromatic heterocycles. The standard InChI is InChI=1S/C16H30N6O15P4/c17-5-3-1-2-4-6-32-38(24,25)35-40(28,29)37-41(30,31)36-39(26,27)33-8-12-11(23)7-13(34-12)22-10-21-14-15(18)19-9-20-16(14)22/h9-13,23H,1-8,17H2,(H,24,25)(H,26,27)(H,28,29)(H,30,31)(H2,18,19,20)/t11-,12-,13-/m1/s1. The molecule has 0 amide bonds. The van der Waals surface area contributed by atoms with Gasteiger partial charge >= 0.3 is 31.3 Å². The van der Waals surface area contributed by atoms with Crippen LogP contribution in [0.2, 0.25) is 0 Å². The molecule has 0 radical (unpaired) electrons. The van der Waals surface area contributed by atoms with Crippen LogP contribution in [0.15, 0.2) is 12.7 Å². The normalized spacial score (nSPS) is 25.4. The van der Waals surface area contributed by atoms with Crippen LogP contribution >= 0.6 is 31.3 Å². The van der Waals surface area contributed by atoms with Crippen LogP contribution < -0.4 is 11.5 Å². The second kappa shape index (κ2) is 14.1. The molecule has 0 saturated carbocycles. The maximum absolute atomic E-state index is 12.2. The Morgan fingerprint density at radius 1 is 0.902 bits per heavy atom. The summed E-state index contributed by atoms with van der Waals surface area (Å²) in [6, 6.07) is 0. The number of phosphoric ester groups is 2. The Kier molecular flexibility index (Phi) is 11.7. The molecule has 25 heteroatoms. The molecular formula is C16H30N6O15P4. The zero-order valence-corrected chi connectivity index (χ0v) is 24.7. The molecule has 1 aliphatic heterocycles. The lowest BCUT2D eigenvalue weighted by molar-refractivity contribution is -0.0423. The van der Waals surface area contributed by atoms with Crippen molar-refractivity contribution >= 4 is 48.3 Å². The lowest BCUT2D eigenvalue weighted by atomic mass is 10.2. The van der Waals surface area contributed by atoms with Gasteiger partial charge in [-0.3, -0.25) is 13.6 Å². The fraction of sp³-hybridized carbons (Fsp3) is 0.688. The van der Waals surface area contributed by atoms with Gasteiger partial charge in [0.15, 0.2) is 11.5 Å². The molecule has 4 unspecified atom stereocenters. The highest BCUT2D eigenvalue weighted by atomic mass is 31.3. The van der Waals surface area contributed by atoms with E-state index in [0.29, 0.717) is 25.8 Å². The summed E-state index contributed by atoms with van der Waals surface area (Å²) in [5, 5.41) is 10.3. The molecule has 0 bridgehead atoms. The van der Waals surface area contributed by atoms with E-state index in [1.165, 1.54) is 17.2 Å². The van der Waals surface area contributed by atoms with Crippen molar-refractivity contribution < 1.29 is 69.7 Å². The van der Waals surface area contributed by atoms with Crippen molar-refractivity contribution in [3.05, 3.63) is 12.7 Å². The predicted octanol–water partition coefficient (Wildman–Crippen LogP) is 1.06. The van der Waals surface area contributed by atoms with Gasteiger partial charge in [0.2, 0.25) is 0 Å². The Morgan fingerprint density at radius 3 is 2.17 bits per heavy atom. The number of aliphatic hydroxyl groups excluding tert-OH is 1. The molecule has 1 aliphatic rings. The van der Waals surface area contributed by atoms with Gasteiger partial charge in [-0.2, -0.15) is 12.9 Å². The van der Waals surface area contributed by atoms with E-state index in [1.807, 2.05) is 0 Å². The number of nitrogens with zero attached hydrogens (tertiary/aromatic N) is 4. The first-order valence-electron chi connectivity index (χ1n) is 11.7. The second-order valence-electron chi connectivity index (χ2n) is 8.47. The third-order valence-electron chi connectivity index (χ3n) is 5.28. The average molecular weight is 670 g/mol. The molecule has 1 fully saturated rings. The van der Waals surface area contributed by atoms with E-state index in [9.17, 15) is 42.9 Å². The number of aliphatic hydroxyl groups is 1. The van der Waals surface area contributed by atoms with E-state index in [0.717, 1.165) is 0 Å². The molecular weight excluding hydrogens is 640 g/mol.